The minimum absolute atomic E-state index is 0. The van der Waals surface area contributed by atoms with Gasteiger partial charge in [-0.15, -0.1) is 12.4 Å². The molecule has 1 aliphatic carbocycles. The third-order valence-electron chi connectivity index (χ3n) is 5.70. The van der Waals surface area contributed by atoms with Crippen LogP contribution in [0.1, 0.15) is 31.2 Å². The summed E-state index contributed by atoms with van der Waals surface area (Å²) in [6.07, 6.45) is 3.16. The summed E-state index contributed by atoms with van der Waals surface area (Å²) >= 11 is 0. The van der Waals surface area contributed by atoms with Crippen molar-refractivity contribution in [2.75, 3.05) is 38.2 Å². The van der Waals surface area contributed by atoms with E-state index in [1.54, 1.807) is 0 Å². The molecule has 2 amide bonds. The Balaban J connectivity index is 0.00000300. The maximum atomic E-state index is 12.6. The molecule has 0 atom stereocenters. The Hall–Kier alpha value is -2.48. The molecular formula is C20H30ClN5O3. The zero-order chi connectivity index (χ0) is 20.1. The van der Waals surface area contributed by atoms with Crippen LogP contribution in [-0.2, 0) is 9.53 Å². The number of benzene rings is 1. The van der Waals surface area contributed by atoms with E-state index >= 15 is 0 Å². The maximum Gasteiger partial charge on any atom is 0.317 e. The number of carbonyl (C=O) groups excluding carboxylic acids is 2. The Morgan fingerprint density at radius 3 is 2.17 bits per heavy atom. The molecule has 0 bridgehead atoms. The van der Waals surface area contributed by atoms with Gasteiger partial charge in [-0.1, -0.05) is 0 Å². The highest BCUT2D eigenvalue weighted by atomic mass is 35.5. The van der Waals surface area contributed by atoms with E-state index in [0.29, 0.717) is 18.7 Å². The van der Waals surface area contributed by atoms with E-state index in [2.05, 4.69) is 10.2 Å². The molecule has 3 rings (SSSR count). The highest BCUT2D eigenvalue weighted by Crippen LogP contribution is 2.25. The van der Waals surface area contributed by atoms with Gasteiger partial charge in [-0.05, 0) is 49.9 Å². The molecule has 0 aromatic heterocycles. The molecule has 1 aliphatic heterocycles. The predicted octanol–water partition coefficient (Wildman–Crippen LogP) is 1.96. The normalized spacial score (nSPS) is 21.7. The van der Waals surface area contributed by atoms with E-state index in [4.69, 9.17) is 15.9 Å². The van der Waals surface area contributed by atoms with Crippen LogP contribution in [0.5, 0.6) is 0 Å². The lowest BCUT2D eigenvalue weighted by Gasteiger charge is -2.37. The largest absolute Gasteiger partial charge is 0.469 e. The first-order chi connectivity index (χ1) is 13.5. The molecule has 29 heavy (non-hydrogen) atoms. The van der Waals surface area contributed by atoms with Crippen molar-refractivity contribution in [2.24, 2.45) is 11.7 Å². The standard InChI is InChI=1S/C20H29N5O3.ClH/c1-28-19(26)15-2-6-16(7-3-15)23-20(27)25-12-10-24(11-13-25)17-8-4-14(5-9-17)18(21)22;/h4-5,8-9,15-16H,2-3,6-7,10-13H2,1H3,(H3,21,22)(H,23,27);1H/t15-,16-;. The maximum absolute atomic E-state index is 12.6. The average molecular weight is 424 g/mol. The van der Waals surface area contributed by atoms with Crippen molar-refractivity contribution < 1.29 is 14.3 Å². The zero-order valence-electron chi connectivity index (χ0n) is 16.7. The van der Waals surface area contributed by atoms with Crippen LogP contribution in [0.3, 0.4) is 0 Å². The number of esters is 1. The monoisotopic (exact) mass is 423 g/mol. The highest BCUT2D eigenvalue weighted by Gasteiger charge is 2.29. The van der Waals surface area contributed by atoms with E-state index in [1.807, 2.05) is 29.2 Å². The Bertz CT molecular complexity index is 711. The summed E-state index contributed by atoms with van der Waals surface area (Å²) in [5, 5.41) is 10.6. The van der Waals surface area contributed by atoms with E-state index in [1.165, 1.54) is 7.11 Å². The summed E-state index contributed by atoms with van der Waals surface area (Å²) in [5.41, 5.74) is 7.28. The van der Waals surface area contributed by atoms with Gasteiger partial charge in [0.2, 0.25) is 0 Å². The van der Waals surface area contributed by atoms with Crippen molar-refractivity contribution in [1.82, 2.24) is 10.2 Å². The third kappa shape index (κ3) is 5.76. The molecule has 160 valence electrons. The van der Waals surface area contributed by atoms with Crippen molar-refractivity contribution in [2.45, 2.75) is 31.7 Å². The second-order valence-electron chi connectivity index (χ2n) is 7.46. The quantitative estimate of drug-likeness (QED) is 0.389. The van der Waals surface area contributed by atoms with Crippen LogP contribution in [0.25, 0.3) is 0 Å². The first-order valence-electron chi connectivity index (χ1n) is 9.80. The van der Waals surface area contributed by atoms with Gasteiger partial charge in [0.15, 0.2) is 0 Å². The van der Waals surface area contributed by atoms with Crippen LogP contribution < -0.4 is 16.0 Å². The van der Waals surface area contributed by atoms with Gasteiger partial charge in [0, 0.05) is 43.5 Å². The number of urea groups is 1. The average Bonchev–Trinajstić information content (AvgIpc) is 2.74. The molecule has 1 aromatic carbocycles. The fraction of sp³-hybridized carbons (Fsp3) is 0.550. The SMILES string of the molecule is COC(=O)[C@H]1CC[C@H](NC(=O)N2CCN(c3ccc(C(=N)N)cc3)CC2)CC1.Cl. The van der Waals surface area contributed by atoms with Crippen molar-refractivity contribution in [1.29, 1.82) is 5.41 Å². The number of halogens is 1. The fourth-order valence-electron chi connectivity index (χ4n) is 3.93. The second-order valence-corrected chi connectivity index (χ2v) is 7.46. The van der Waals surface area contributed by atoms with E-state index in [-0.39, 0.29) is 42.2 Å². The summed E-state index contributed by atoms with van der Waals surface area (Å²) < 4.78 is 4.81. The number of carbonyl (C=O) groups is 2. The Labute approximate surface area is 177 Å². The smallest absolute Gasteiger partial charge is 0.317 e. The van der Waals surface area contributed by atoms with Gasteiger partial charge < -0.3 is 25.6 Å². The van der Waals surface area contributed by atoms with Crippen LogP contribution in [0, 0.1) is 11.3 Å². The number of nitrogens with two attached hydrogens (primary N) is 1. The summed E-state index contributed by atoms with van der Waals surface area (Å²) in [6, 6.07) is 7.74. The second kappa shape index (κ2) is 10.3. The van der Waals surface area contributed by atoms with Gasteiger partial charge in [-0.2, -0.15) is 0 Å². The summed E-state index contributed by atoms with van der Waals surface area (Å²) in [4.78, 5) is 28.3. The van der Waals surface area contributed by atoms with Crippen molar-refractivity contribution >= 4 is 35.9 Å². The lowest BCUT2D eigenvalue weighted by Crippen LogP contribution is -2.54. The number of ether oxygens (including phenoxy) is 1. The van der Waals surface area contributed by atoms with E-state index in [0.717, 1.165) is 44.5 Å². The number of anilines is 1. The molecule has 4 N–H and O–H groups in total. The lowest BCUT2D eigenvalue weighted by molar-refractivity contribution is -0.146. The fourth-order valence-corrected chi connectivity index (χ4v) is 3.93. The van der Waals surface area contributed by atoms with E-state index < -0.39 is 0 Å². The first-order valence-corrected chi connectivity index (χ1v) is 9.80. The summed E-state index contributed by atoms with van der Waals surface area (Å²) in [6.45, 7) is 2.86. The number of hydrogen-bond acceptors (Lipinski definition) is 5. The molecule has 2 fully saturated rings. The molecule has 1 heterocycles. The number of amidine groups is 1. The molecule has 0 radical (unpaired) electrons. The van der Waals surface area contributed by atoms with Crippen LogP contribution in [0.15, 0.2) is 24.3 Å². The number of nitrogens with one attached hydrogen (secondary N) is 2. The van der Waals surface area contributed by atoms with Crippen LogP contribution in [0.2, 0.25) is 0 Å². The van der Waals surface area contributed by atoms with Crippen LogP contribution in [-0.4, -0.2) is 62.1 Å². The molecule has 1 saturated carbocycles. The van der Waals surface area contributed by atoms with Gasteiger partial charge >= 0.3 is 12.0 Å². The summed E-state index contributed by atoms with van der Waals surface area (Å²) in [7, 11) is 1.42. The minimum atomic E-state index is -0.141. The number of methoxy groups -OCH3 is 1. The van der Waals surface area contributed by atoms with Gasteiger partial charge in [-0.25, -0.2) is 4.79 Å². The lowest BCUT2D eigenvalue weighted by atomic mass is 9.86. The van der Waals surface area contributed by atoms with Gasteiger partial charge in [0.05, 0.1) is 13.0 Å². The van der Waals surface area contributed by atoms with Crippen molar-refractivity contribution in [3.8, 4) is 0 Å². The third-order valence-corrected chi connectivity index (χ3v) is 5.70. The Morgan fingerprint density at radius 1 is 1.07 bits per heavy atom. The number of hydrogen-bond donors (Lipinski definition) is 3. The number of nitrogens with zero attached hydrogens (tertiary/aromatic N) is 2. The highest BCUT2D eigenvalue weighted by molar-refractivity contribution is 5.95. The molecule has 2 aliphatic rings. The van der Waals surface area contributed by atoms with Gasteiger partial charge in [0.1, 0.15) is 5.84 Å². The van der Waals surface area contributed by atoms with Crippen LogP contribution >= 0.6 is 12.4 Å². The Morgan fingerprint density at radius 2 is 1.66 bits per heavy atom. The van der Waals surface area contributed by atoms with Crippen molar-refractivity contribution in [3.63, 3.8) is 0 Å². The first kappa shape index (κ1) is 22.8. The molecule has 1 aromatic rings. The molecule has 0 unspecified atom stereocenters. The number of nitrogen functional groups attached to an aromatic ring is 1. The van der Waals surface area contributed by atoms with Crippen LogP contribution in [0.4, 0.5) is 10.5 Å². The summed E-state index contributed by atoms with van der Waals surface area (Å²) in [5.74, 6) is -0.109. The number of piperazine rings is 1. The molecule has 8 nitrogen and oxygen atoms in total. The number of amides is 2. The zero-order valence-corrected chi connectivity index (χ0v) is 17.5. The minimum Gasteiger partial charge on any atom is -0.469 e. The molecular weight excluding hydrogens is 394 g/mol. The molecule has 9 heteroatoms. The van der Waals surface area contributed by atoms with E-state index in [9.17, 15) is 9.59 Å². The Kier molecular flexibility index (Phi) is 8.13. The van der Waals surface area contributed by atoms with Gasteiger partial charge in [-0.3, -0.25) is 10.2 Å². The predicted molar refractivity (Wildman–Crippen MR) is 115 cm³/mol. The number of rotatable bonds is 4. The van der Waals surface area contributed by atoms with Crippen molar-refractivity contribution in [3.05, 3.63) is 29.8 Å². The molecule has 0 spiro atoms. The molecule has 1 saturated heterocycles. The van der Waals surface area contributed by atoms with Gasteiger partial charge in [0.25, 0.3) is 0 Å². The topological polar surface area (TPSA) is 112 Å².